The summed E-state index contributed by atoms with van der Waals surface area (Å²) in [7, 11) is 0. The van der Waals surface area contributed by atoms with Crippen molar-refractivity contribution in [2.24, 2.45) is 11.8 Å². The molecule has 0 fully saturated rings. The van der Waals surface area contributed by atoms with Crippen LogP contribution in [0.25, 0.3) is 0 Å². The van der Waals surface area contributed by atoms with E-state index < -0.39 is 0 Å². The maximum atomic E-state index is 11.7. The highest BCUT2D eigenvalue weighted by atomic mass is 32.1. The lowest BCUT2D eigenvalue weighted by molar-refractivity contribution is 0.204. The predicted molar refractivity (Wildman–Crippen MR) is 78.5 cm³/mol. The van der Waals surface area contributed by atoms with Gasteiger partial charge in [0.15, 0.2) is 5.13 Å². The highest BCUT2D eigenvalue weighted by Crippen LogP contribution is 2.20. The minimum absolute atomic E-state index is 0.0264. The van der Waals surface area contributed by atoms with Gasteiger partial charge >= 0.3 is 6.03 Å². The van der Waals surface area contributed by atoms with Crippen LogP contribution < -0.4 is 10.6 Å². The second-order valence-corrected chi connectivity index (χ2v) is 6.39. The van der Waals surface area contributed by atoms with E-state index in [-0.39, 0.29) is 24.6 Å². The van der Waals surface area contributed by atoms with Gasteiger partial charge in [0.1, 0.15) is 0 Å². The number of thiazole rings is 1. The zero-order valence-corrected chi connectivity index (χ0v) is 12.8. The summed E-state index contributed by atoms with van der Waals surface area (Å²) < 4.78 is 0. The van der Waals surface area contributed by atoms with Gasteiger partial charge < -0.3 is 10.4 Å². The third kappa shape index (κ3) is 5.57. The fraction of sp³-hybridized carbons (Fsp3) is 0.692. The summed E-state index contributed by atoms with van der Waals surface area (Å²) in [6, 6.07) is -0.363. The third-order valence-corrected chi connectivity index (χ3v) is 3.82. The van der Waals surface area contributed by atoms with E-state index in [1.54, 1.807) is 6.20 Å². The van der Waals surface area contributed by atoms with Gasteiger partial charge in [-0.05, 0) is 25.2 Å². The number of nitrogens with one attached hydrogen (secondary N) is 2. The molecule has 19 heavy (non-hydrogen) atoms. The number of hydrogen-bond donors (Lipinski definition) is 3. The molecule has 0 spiro atoms. The van der Waals surface area contributed by atoms with E-state index in [4.69, 9.17) is 5.11 Å². The second-order valence-electron chi connectivity index (χ2n) is 5.28. The molecule has 0 saturated heterocycles. The number of hydrogen-bond acceptors (Lipinski definition) is 4. The molecule has 6 heteroatoms. The molecule has 0 bridgehead atoms. The summed E-state index contributed by atoms with van der Waals surface area (Å²) in [5.41, 5.74) is 0. The molecule has 2 unspecified atom stereocenters. The number of carbonyl (C=O) groups is 1. The summed E-state index contributed by atoms with van der Waals surface area (Å²) in [6.07, 6.45) is 2.78. The number of aliphatic hydroxyl groups excluding tert-OH is 1. The molecule has 108 valence electrons. The Balaban J connectivity index is 2.46. The van der Waals surface area contributed by atoms with Crippen molar-refractivity contribution in [2.75, 3.05) is 11.9 Å². The molecule has 5 nitrogen and oxygen atoms in total. The Morgan fingerprint density at radius 2 is 2.11 bits per heavy atom. The Morgan fingerprint density at radius 3 is 2.68 bits per heavy atom. The number of carbonyl (C=O) groups excluding carboxylic acids is 1. The van der Waals surface area contributed by atoms with Gasteiger partial charge in [-0.2, -0.15) is 0 Å². The zero-order valence-electron chi connectivity index (χ0n) is 11.9. The van der Waals surface area contributed by atoms with E-state index in [2.05, 4.69) is 29.5 Å². The first-order valence-corrected chi connectivity index (χ1v) is 7.37. The molecule has 1 heterocycles. The first-order chi connectivity index (χ1) is 8.92. The fourth-order valence-corrected chi connectivity index (χ4v) is 2.52. The van der Waals surface area contributed by atoms with Gasteiger partial charge in [-0.15, -0.1) is 11.3 Å². The van der Waals surface area contributed by atoms with E-state index in [9.17, 15) is 4.79 Å². The van der Waals surface area contributed by atoms with E-state index in [1.165, 1.54) is 16.2 Å². The van der Waals surface area contributed by atoms with Crippen LogP contribution in [0.1, 0.15) is 32.6 Å². The monoisotopic (exact) mass is 285 g/mol. The lowest BCUT2D eigenvalue weighted by Crippen LogP contribution is -2.40. The summed E-state index contributed by atoms with van der Waals surface area (Å²) >= 11 is 1.50. The minimum atomic E-state index is -0.279. The highest BCUT2D eigenvalue weighted by molar-refractivity contribution is 7.15. The Bertz CT molecular complexity index is 406. The van der Waals surface area contributed by atoms with Gasteiger partial charge in [0.05, 0.1) is 0 Å². The predicted octanol–water partition coefficient (Wildman–Crippen LogP) is 2.48. The van der Waals surface area contributed by atoms with Gasteiger partial charge in [-0.3, -0.25) is 5.32 Å². The summed E-state index contributed by atoms with van der Waals surface area (Å²) in [5, 5.41) is 15.1. The van der Waals surface area contributed by atoms with Crippen LogP contribution in [-0.4, -0.2) is 28.8 Å². The van der Waals surface area contributed by atoms with Crippen LogP contribution >= 0.6 is 11.3 Å². The molecule has 1 aromatic rings. The van der Waals surface area contributed by atoms with E-state index in [1.807, 2.05) is 13.8 Å². The molecule has 0 aliphatic heterocycles. The van der Waals surface area contributed by atoms with Gasteiger partial charge in [-0.1, -0.05) is 20.8 Å². The SMILES string of the molecule is CC(C)Cc1cnc(NC(=O)NC(C)C(C)CO)s1. The van der Waals surface area contributed by atoms with Crippen LogP contribution in [0.3, 0.4) is 0 Å². The maximum Gasteiger partial charge on any atom is 0.321 e. The van der Waals surface area contributed by atoms with Crippen molar-refractivity contribution >= 4 is 22.5 Å². The number of anilines is 1. The average molecular weight is 285 g/mol. The van der Waals surface area contributed by atoms with E-state index in [0.29, 0.717) is 11.0 Å². The topological polar surface area (TPSA) is 74.2 Å². The Kier molecular flexibility index (Phi) is 6.24. The molecule has 0 aliphatic carbocycles. The normalized spacial score (nSPS) is 14.2. The zero-order chi connectivity index (χ0) is 14.4. The molecular weight excluding hydrogens is 262 g/mol. The van der Waals surface area contributed by atoms with Crippen LogP contribution in [0, 0.1) is 11.8 Å². The molecule has 2 amide bonds. The maximum absolute atomic E-state index is 11.7. The van der Waals surface area contributed by atoms with Crippen LogP contribution in [-0.2, 0) is 6.42 Å². The fourth-order valence-electron chi connectivity index (χ4n) is 1.50. The Labute approximate surface area is 118 Å². The summed E-state index contributed by atoms with van der Waals surface area (Å²) in [4.78, 5) is 17.1. The Morgan fingerprint density at radius 1 is 1.42 bits per heavy atom. The van der Waals surface area contributed by atoms with Crippen molar-refractivity contribution in [3.8, 4) is 0 Å². The van der Waals surface area contributed by atoms with Crippen molar-refractivity contribution in [1.82, 2.24) is 10.3 Å². The number of aromatic nitrogens is 1. The second kappa shape index (κ2) is 7.45. The summed E-state index contributed by atoms with van der Waals surface area (Å²) in [5.74, 6) is 0.603. The molecule has 1 rings (SSSR count). The third-order valence-electron chi connectivity index (χ3n) is 2.88. The van der Waals surface area contributed by atoms with Crippen molar-refractivity contribution < 1.29 is 9.90 Å². The smallest absolute Gasteiger partial charge is 0.321 e. The quantitative estimate of drug-likeness (QED) is 0.751. The van der Waals surface area contributed by atoms with Crippen molar-refractivity contribution in [3.05, 3.63) is 11.1 Å². The van der Waals surface area contributed by atoms with Crippen LogP contribution in [0.2, 0.25) is 0 Å². The standard InChI is InChI=1S/C13H23N3O2S/c1-8(2)5-11-6-14-13(19-11)16-12(18)15-10(4)9(3)7-17/h6,8-10,17H,5,7H2,1-4H3,(H2,14,15,16,18). The number of urea groups is 1. The first-order valence-electron chi connectivity index (χ1n) is 6.55. The first kappa shape index (κ1) is 15.9. The lowest BCUT2D eigenvalue weighted by atomic mass is 10.1. The van der Waals surface area contributed by atoms with Crippen LogP contribution in [0.5, 0.6) is 0 Å². The number of amides is 2. The van der Waals surface area contributed by atoms with Crippen molar-refractivity contribution in [2.45, 2.75) is 40.2 Å². The molecule has 0 aromatic carbocycles. The minimum Gasteiger partial charge on any atom is -0.396 e. The number of rotatable bonds is 6. The molecule has 0 aliphatic rings. The van der Waals surface area contributed by atoms with Gasteiger partial charge in [0.2, 0.25) is 0 Å². The molecule has 1 aromatic heterocycles. The molecule has 2 atom stereocenters. The average Bonchev–Trinajstić information content (AvgIpc) is 2.73. The highest BCUT2D eigenvalue weighted by Gasteiger charge is 2.14. The molecule has 3 N–H and O–H groups in total. The summed E-state index contributed by atoms with van der Waals surface area (Å²) in [6.45, 7) is 8.10. The number of nitrogens with zero attached hydrogens (tertiary/aromatic N) is 1. The molecule has 0 saturated carbocycles. The van der Waals surface area contributed by atoms with Gasteiger partial charge in [-0.25, -0.2) is 9.78 Å². The van der Waals surface area contributed by atoms with Crippen LogP contribution in [0.4, 0.5) is 9.93 Å². The Hall–Kier alpha value is -1.14. The molecule has 0 radical (unpaired) electrons. The largest absolute Gasteiger partial charge is 0.396 e. The van der Waals surface area contributed by atoms with Gasteiger partial charge in [0, 0.05) is 23.7 Å². The van der Waals surface area contributed by atoms with Crippen molar-refractivity contribution in [1.29, 1.82) is 0 Å². The van der Waals surface area contributed by atoms with Crippen molar-refractivity contribution in [3.63, 3.8) is 0 Å². The van der Waals surface area contributed by atoms with E-state index >= 15 is 0 Å². The lowest BCUT2D eigenvalue weighted by Gasteiger charge is -2.18. The van der Waals surface area contributed by atoms with E-state index in [0.717, 1.165) is 6.42 Å². The van der Waals surface area contributed by atoms with Gasteiger partial charge in [0.25, 0.3) is 0 Å². The van der Waals surface area contributed by atoms with Crippen LogP contribution in [0.15, 0.2) is 6.20 Å². The molecular formula is C13H23N3O2S. The number of aliphatic hydroxyl groups is 1.